The molecule has 0 spiro atoms. The molecule has 0 aliphatic rings. The van der Waals surface area contributed by atoms with Crippen LogP contribution in [0.25, 0.3) is 0 Å². The zero-order valence-corrected chi connectivity index (χ0v) is 9.56. The molecule has 0 aliphatic carbocycles. The Balaban J connectivity index is 0.000000261. The van der Waals surface area contributed by atoms with Crippen molar-refractivity contribution in [2.45, 2.75) is 19.9 Å². The molecule has 1 rings (SSSR count). The molecule has 3 heteroatoms. The van der Waals surface area contributed by atoms with Gasteiger partial charge in [-0.25, -0.2) is 0 Å². The van der Waals surface area contributed by atoms with Gasteiger partial charge in [0.2, 0.25) is 0 Å². The number of benzene rings is 1. The molecule has 0 bridgehead atoms. The first kappa shape index (κ1) is 11.9. The minimum Gasteiger partial charge on any atom is -0.328 e. The van der Waals surface area contributed by atoms with Crippen LogP contribution in [0.4, 0.5) is 0 Å². The largest absolute Gasteiger partial charge is 0.328 e. The van der Waals surface area contributed by atoms with Gasteiger partial charge in [0.15, 0.2) is 0 Å². The van der Waals surface area contributed by atoms with E-state index in [2.05, 4.69) is 15.9 Å². The van der Waals surface area contributed by atoms with Gasteiger partial charge in [-0.05, 0) is 30.3 Å². The van der Waals surface area contributed by atoms with E-state index < -0.39 is 0 Å². The zero-order chi connectivity index (χ0) is 9.56. The van der Waals surface area contributed by atoms with Crippen LogP contribution in [0.15, 0.2) is 28.7 Å². The third-order valence-corrected chi connectivity index (χ3v) is 1.58. The van der Waals surface area contributed by atoms with Gasteiger partial charge in [0.05, 0.1) is 0 Å². The van der Waals surface area contributed by atoms with E-state index in [1.165, 1.54) is 0 Å². The Morgan fingerprint density at radius 3 is 1.83 bits per heavy atom. The molecule has 1 aromatic carbocycles. The summed E-state index contributed by atoms with van der Waals surface area (Å²) in [7, 11) is 0. The topological polar surface area (TPSA) is 26.0 Å². The lowest BCUT2D eigenvalue weighted by atomic mass is 10.4. The van der Waals surface area contributed by atoms with E-state index in [1.54, 1.807) is 0 Å². The average molecular weight is 251 g/mol. The van der Waals surface area contributed by atoms with Crippen LogP contribution in [-0.2, 0) is 0 Å². The van der Waals surface area contributed by atoms with E-state index in [1.807, 2.05) is 38.1 Å². The molecule has 0 aromatic heterocycles. The average Bonchev–Trinajstić information content (AvgIpc) is 1.94. The standard InChI is InChI=1S/C6H4BrCl.C3H9N/c7-5-1-3-6(8)4-2-5;1-3(2)4/h1-4H;3H,4H2,1-2H3. The monoisotopic (exact) mass is 249 g/mol. The molecule has 0 saturated heterocycles. The van der Waals surface area contributed by atoms with Gasteiger partial charge in [-0.15, -0.1) is 0 Å². The Morgan fingerprint density at radius 1 is 1.25 bits per heavy atom. The molecule has 2 N–H and O–H groups in total. The zero-order valence-electron chi connectivity index (χ0n) is 7.22. The van der Waals surface area contributed by atoms with E-state index in [0.29, 0.717) is 6.04 Å². The molecular formula is C9H13BrClN. The highest BCUT2D eigenvalue weighted by Crippen LogP contribution is 2.13. The maximum absolute atomic E-state index is 5.59. The molecule has 0 saturated carbocycles. The summed E-state index contributed by atoms with van der Waals surface area (Å²) in [6, 6.07) is 7.82. The summed E-state index contributed by atoms with van der Waals surface area (Å²) in [5.74, 6) is 0. The van der Waals surface area contributed by atoms with Crippen molar-refractivity contribution in [2.75, 3.05) is 0 Å². The van der Waals surface area contributed by atoms with Gasteiger partial charge in [-0.1, -0.05) is 41.4 Å². The maximum Gasteiger partial charge on any atom is 0.0406 e. The quantitative estimate of drug-likeness (QED) is 0.750. The van der Waals surface area contributed by atoms with Crippen molar-refractivity contribution in [3.05, 3.63) is 33.8 Å². The molecule has 1 aromatic rings. The predicted octanol–water partition coefficient (Wildman–Crippen LogP) is 3.46. The van der Waals surface area contributed by atoms with Gasteiger partial charge in [-0.2, -0.15) is 0 Å². The molecule has 0 unspecified atom stereocenters. The summed E-state index contributed by atoms with van der Waals surface area (Å²) in [6.45, 7) is 3.89. The summed E-state index contributed by atoms with van der Waals surface area (Å²) in [5.41, 5.74) is 5.11. The minimum atomic E-state index is 0.333. The lowest BCUT2D eigenvalue weighted by Crippen LogP contribution is -2.06. The van der Waals surface area contributed by atoms with E-state index in [4.69, 9.17) is 17.3 Å². The molecule has 0 heterocycles. The van der Waals surface area contributed by atoms with E-state index >= 15 is 0 Å². The normalized spacial score (nSPS) is 9.17. The van der Waals surface area contributed by atoms with Gasteiger partial charge >= 0.3 is 0 Å². The summed E-state index contributed by atoms with van der Waals surface area (Å²) >= 11 is 8.88. The summed E-state index contributed by atoms with van der Waals surface area (Å²) in [6.07, 6.45) is 0. The highest BCUT2D eigenvalue weighted by molar-refractivity contribution is 9.10. The van der Waals surface area contributed by atoms with Gasteiger partial charge in [-0.3, -0.25) is 0 Å². The molecule has 0 radical (unpaired) electrons. The molecule has 12 heavy (non-hydrogen) atoms. The highest BCUT2D eigenvalue weighted by Gasteiger charge is 1.83. The van der Waals surface area contributed by atoms with Crippen molar-refractivity contribution in [3.8, 4) is 0 Å². The van der Waals surface area contributed by atoms with E-state index in [0.717, 1.165) is 9.50 Å². The van der Waals surface area contributed by atoms with Crippen molar-refractivity contribution in [2.24, 2.45) is 5.73 Å². The molecule has 0 aliphatic heterocycles. The number of hydrogen-bond donors (Lipinski definition) is 1. The van der Waals surface area contributed by atoms with Crippen LogP contribution in [0.2, 0.25) is 5.02 Å². The summed E-state index contributed by atoms with van der Waals surface area (Å²) < 4.78 is 1.06. The lowest BCUT2D eigenvalue weighted by molar-refractivity contribution is 0.834. The Labute approximate surface area is 87.0 Å². The fourth-order valence-corrected chi connectivity index (χ4v) is 0.820. The van der Waals surface area contributed by atoms with Gasteiger partial charge in [0.25, 0.3) is 0 Å². The van der Waals surface area contributed by atoms with Gasteiger partial charge in [0, 0.05) is 9.50 Å². The first-order valence-corrected chi connectivity index (χ1v) is 4.86. The molecule has 0 atom stereocenters. The van der Waals surface area contributed by atoms with Crippen LogP contribution in [0, 0.1) is 0 Å². The molecule has 1 nitrogen and oxygen atoms in total. The first-order chi connectivity index (χ1) is 5.52. The van der Waals surface area contributed by atoms with E-state index in [9.17, 15) is 0 Å². The van der Waals surface area contributed by atoms with Crippen molar-refractivity contribution in [1.82, 2.24) is 0 Å². The second-order valence-electron chi connectivity index (χ2n) is 2.68. The van der Waals surface area contributed by atoms with Gasteiger partial charge < -0.3 is 5.73 Å². The fraction of sp³-hybridized carbons (Fsp3) is 0.333. The lowest BCUT2D eigenvalue weighted by Gasteiger charge is -1.86. The second kappa shape index (κ2) is 6.46. The van der Waals surface area contributed by atoms with Crippen LogP contribution in [0.5, 0.6) is 0 Å². The van der Waals surface area contributed by atoms with Crippen LogP contribution in [-0.4, -0.2) is 6.04 Å². The van der Waals surface area contributed by atoms with Crippen molar-refractivity contribution in [3.63, 3.8) is 0 Å². The van der Waals surface area contributed by atoms with Crippen LogP contribution >= 0.6 is 27.5 Å². The maximum atomic E-state index is 5.59. The fourth-order valence-electron chi connectivity index (χ4n) is 0.430. The minimum absolute atomic E-state index is 0.333. The highest BCUT2D eigenvalue weighted by atomic mass is 79.9. The van der Waals surface area contributed by atoms with Crippen LogP contribution in [0.1, 0.15) is 13.8 Å². The number of halogens is 2. The predicted molar refractivity (Wildman–Crippen MR) is 58.5 cm³/mol. The molecule has 0 amide bonds. The van der Waals surface area contributed by atoms with Crippen LogP contribution in [0.3, 0.4) is 0 Å². The molecular weight excluding hydrogens is 237 g/mol. The van der Waals surface area contributed by atoms with Crippen LogP contribution < -0.4 is 5.73 Å². The third kappa shape index (κ3) is 8.05. The summed E-state index contributed by atoms with van der Waals surface area (Å²) in [4.78, 5) is 0. The van der Waals surface area contributed by atoms with Gasteiger partial charge in [0.1, 0.15) is 0 Å². The van der Waals surface area contributed by atoms with Crippen molar-refractivity contribution < 1.29 is 0 Å². The Hall–Kier alpha value is -0.0500. The number of hydrogen-bond acceptors (Lipinski definition) is 1. The number of nitrogens with two attached hydrogens (primary N) is 1. The Bertz CT molecular complexity index is 185. The molecule has 0 fully saturated rings. The van der Waals surface area contributed by atoms with Crippen molar-refractivity contribution in [1.29, 1.82) is 0 Å². The Morgan fingerprint density at radius 2 is 1.58 bits per heavy atom. The summed E-state index contributed by atoms with van der Waals surface area (Å²) in [5, 5.41) is 0.771. The Kier molecular flexibility index (Phi) is 6.44. The molecule has 68 valence electrons. The van der Waals surface area contributed by atoms with Crippen molar-refractivity contribution >= 4 is 27.5 Å². The SMILES string of the molecule is CC(C)N.Clc1ccc(Br)cc1. The first-order valence-electron chi connectivity index (χ1n) is 3.69. The third-order valence-electron chi connectivity index (χ3n) is 0.804. The van der Waals surface area contributed by atoms with E-state index in [-0.39, 0.29) is 0 Å². The second-order valence-corrected chi connectivity index (χ2v) is 4.03. The number of rotatable bonds is 0. The smallest absolute Gasteiger partial charge is 0.0406 e.